The molecule has 6 heteroatoms. The lowest BCUT2D eigenvalue weighted by Gasteiger charge is -2.18. The van der Waals surface area contributed by atoms with Crippen molar-refractivity contribution in [2.45, 2.75) is 297 Å². The summed E-state index contributed by atoms with van der Waals surface area (Å²) in [5.74, 6) is -0.920. The van der Waals surface area contributed by atoms with E-state index in [0.717, 1.165) is 135 Å². The highest BCUT2D eigenvalue weighted by Crippen LogP contribution is 2.15. The maximum Gasteiger partial charge on any atom is 0.306 e. The van der Waals surface area contributed by atoms with Crippen LogP contribution in [0.5, 0.6) is 0 Å². The van der Waals surface area contributed by atoms with E-state index in [2.05, 4.69) is 130 Å². The Morgan fingerprint density at radius 1 is 0.280 bits per heavy atom. The van der Waals surface area contributed by atoms with Gasteiger partial charge in [-0.15, -0.1) is 0 Å². The van der Waals surface area contributed by atoms with Crippen molar-refractivity contribution >= 4 is 17.9 Å². The minimum Gasteiger partial charge on any atom is -0.462 e. The van der Waals surface area contributed by atoms with Crippen molar-refractivity contribution in [1.29, 1.82) is 0 Å². The van der Waals surface area contributed by atoms with Crippen molar-refractivity contribution < 1.29 is 28.6 Å². The summed E-state index contributed by atoms with van der Waals surface area (Å²) in [5, 5.41) is 0. The predicted octanol–water partition coefficient (Wildman–Crippen LogP) is 21.4. The zero-order valence-electron chi connectivity index (χ0n) is 49.0. The molecule has 0 saturated heterocycles. The van der Waals surface area contributed by atoms with Crippen LogP contribution in [0.1, 0.15) is 290 Å². The molecule has 0 fully saturated rings. The molecule has 428 valence electrons. The van der Waals surface area contributed by atoms with Gasteiger partial charge in [0.25, 0.3) is 0 Å². The fourth-order valence-corrected chi connectivity index (χ4v) is 8.52. The average molecular weight is 1040 g/mol. The van der Waals surface area contributed by atoms with E-state index in [4.69, 9.17) is 14.2 Å². The van der Waals surface area contributed by atoms with Gasteiger partial charge in [0.1, 0.15) is 13.2 Å². The van der Waals surface area contributed by atoms with Crippen LogP contribution in [0.3, 0.4) is 0 Å². The van der Waals surface area contributed by atoms with Crippen LogP contribution >= 0.6 is 0 Å². The van der Waals surface area contributed by atoms with Gasteiger partial charge in [-0.1, -0.05) is 259 Å². The van der Waals surface area contributed by atoms with Crippen LogP contribution in [0.2, 0.25) is 0 Å². The van der Waals surface area contributed by atoms with E-state index in [1.54, 1.807) is 0 Å². The van der Waals surface area contributed by atoms with Crippen LogP contribution in [-0.4, -0.2) is 37.2 Å². The van der Waals surface area contributed by atoms with E-state index in [1.165, 1.54) is 116 Å². The third-order valence-electron chi connectivity index (χ3n) is 13.2. The lowest BCUT2D eigenvalue weighted by molar-refractivity contribution is -0.167. The van der Waals surface area contributed by atoms with E-state index >= 15 is 0 Å². The van der Waals surface area contributed by atoms with Crippen molar-refractivity contribution in [3.8, 4) is 0 Å². The smallest absolute Gasteiger partial charge is 0.306 e. The Bertz CT molecular complexity index is 1520. The number of allylic oxidation sites excluding steroid dienone is 18. The van der Waals surface area contributed by atoms with Crippen LogP contribution in [-0.2, 0) is 28.6 Å². The lowest BCUT2D eigenvalue weighted by atomic mass is 10.1. The summed E-state index contributed by atoms with van der Waals surface area (Å²) >= 11 is 0. The van der Waals surface area contributed by atoms with Crippen LogP contribution in [0, 0.1) is 0 Å². The summed E-state index contributed by atoms with van der Waals surface area (Å²) in [6.45, 7) is 6.46. The monoisotopic (exact) mass is 1040 g/mol. The Hall–Kier alpha value is -3.93. The van der Waals surface area contributed by atoms with E-state index in [9.17, 15) is 14.4 Å². The number of carbonyl (C=O) groups is 3. The molecule has 0 radical (unpaired) electrons. The molecule has 0 saturated carbocycles. The number of hydrogen-bond donors (Lipinski definition) is 0. The molecule has 0 aliphatic heterocycles. The van der Waals surface area contributed by atoms with Gasteiger partial charge in [-0.2, -0.15) is 0 Å². The van der Waals surface area contributed by atoms with Crippen molar-refractivity contribution in [2.24, 2.45) is 0 Å². The van der Waals surface area contributed by atoms with Gasteiger partial charge in [0.2, 0.25) is 0 Å². The normalized spacial score (nSPS) is 12.8. The summed E-state index contributed by atoms with van der Waals surface area (Å²) in [6, 6.07) is 0. The number of unbranched alkanes of at least 4 members (excludes halogenated alkanes) is 27. The van der Waals surface area contributed by atoms with E-state index < -0.39 is 6.10 Å². The zero-order chi connectivity index (χ0) is 54.3. The number of carbonyl (C=O) groups excluding carboxylic acids is 3. The summed E-state index contributed by atoms with van der Waals surface area (Å²) < 4.78 is 16.9. The highest BCUT2D eigenvalue weighted by Gasteiger charge is 2.19. The fourth-order valence-electron chi connectivity index (χ4n) is 8.52. The minimum atomic E-state index is -0.796. The van der Waals surface area contributed by atoms with Crippen LogP contribution < -0.4 is 0 Å². The topological polar surface area (TPSA) is 78.9 Å². The second-order valence-corrected chi connectivity index (χ2v) is 20.6. The van der Waals surface area contributed by atoms with Gasteiger partial charge in [0.15, 0.2) is 6.10 Å². The van der Waals surface area contributed by atoms with E-state index in [0.29, 0.717) is 19.3 Å². The molecule has 0 aromatic rings. The first-order valence-corrected chi connectivity index (χ1v) is 31.4. The second kappa shape index (κ2) is 62.6. The molecule has 1 unspecified atom stereocenters. The molecule has 0 amide bonds. The first kappa shape index (κ1) is 71.1. The van der Waals surface area contributed by atoms with Crippen LogP contribution in [0.4, 0.5) is 0 Å². The van der Waals surface area contributed by atoms with Crippen molar-refractivity contribution in [3.63, 3.8) is 0 Å². The maximum atomic E-state index is 12.9. The Balaban J connectivity index is 4.34. The maximum absolute atomic E-state index is 12.9. The molecule has 0 bridgehead atoms. The number of ether oxygens (including phenoxy) is 3. The summed E-state index contributed by atoms with van der Waals surface area (Å²) in [7, 11) is 0. The van der Waals surface area contributed by atoms with Gasteiger partial charge < -0.3 is 14.2 Å². The fraction of sp³-hybridized carbons (Fsp3) is 0.696. The van der Waals surface area contributed by atoms with Crippen LogP contribution in [0.15, 0.2) is 109 Å². The quantitative estimate of drug-likeness (QED) is 0.0261. The molecule has 0 aliphatic rings. The van der Waals surface area contributed by atoms with Gasteiger partial charge in [-0.25, -0.2) is 0 Å². The molecular weight excluding hydrogens is 925 g/mol. The van der Waals surface area contributed by atoms with Gasteiger partial charge in [-0.05, 0) is 122 Å². The highest BCUT2D eigenvalue weighted by atomic mass is 16.6. The molecule has 0 aromatic carbocycles. The van der Waals surface area contributed by atoms with Crippen molar-refractivity contribution in [3.05, 3.63) is 109 Å². The molecule has 6 nitrogen and oxygen atoms in total. The van der Waals surface area contributed by atoms with E-state index in [1.807, 2.05) is 0 Å². The molecule has 0 rings (SSSR count). The molecule has 0 N–H and O–H groups in total. The van der Waals surface area contributed by atoms with Gasteiger partial charge >= 0.3 is 17.9 Å². The Kier molecular flexibility index (Phi) is 59.3. The first-order valence-electron chi connectivity index (χ1n) is 31.4. The third-order valence-corrected chi connectivity index (χ3v) is 13.2. The van der Waals surface area contributed by atoms with E-state index in [-0.39, 0.29) is 31.1 Å². The van der Waals surface area contributed by atoms with Crippen LogP contribution in [0.25, 0.3) is 0 Å². The standard InChI is InChI=1S/C69H116O6/c1-4-7-10-13-16-19-22-24-26-28-30-32-33-34-35-37-38-40-42-44-47-50-53-56-59-62-68(71)74-65-66(64-73-67(70)61-58-55-52-49-46-21-18-15-12-9-6-3)75-69(72)63-60-57-54-51-48-45-43-41-39-36-31-29-27-25-23-20-17-14-11-8-5-2/h8,11,15,17-18,20,22,24-25,27-28,30-31,33-34,36,41,43,66H,4-7,9-10,12-14,16,19,21,23,26,29,32,35,37-40,42,44-65H2,1-3H3/b11-8-,18-15-,20-17-,24-22-,27-25-,30-28-,34-33-,36-31-,43-41-. The SMILES string of the molecule is CC/C=C\C/C=C\C/C=C\C/C=C\C/C=C\CCCCCCCC(=O)OC(COC(=O)CCCCCCC/C=C\CCCC)COC(=O)CCCCCCCCCCCC/C=C\C/C=C\C/C=C\CCCCCCC. The molecule has 0 aliphatic carbocycles. The van der Waals surface area contributed by atoms with Crippen molar-refractivity contribution in [2.75, 3.05) is 13.2 Å². The minimum absolute atomic E-state index is 0.0916. The lowest BCUT2D eigenvalue weighted by Crippen LogP contribution is -2.30. The predicted molar refractivity (Wildman–Crippen MR) is 325 cm³/mol. The molecule has 0 heterocycles. The Morgan fingerprint density at radius 2 is 0.533 bits per heavy atom. The third kappa shape index (κ3) is 60.8. The molecular formula is C69H116O6. The van der Waals surface area contributed by atoms with Gasteiger partial charge in [-0.3, -0.25) is 14.4 Å². The Morgan fingerprint density at radius 3 is 0.867 bits per heavy atom. The highest BCUT2D eigenvalue weighted by molar-refractivity contribution is 5.71. The second-order valence-electron chi connectivity index (χ2n) is 20.6. The largest absolute Gasteiger partial charge is 0.462 e. The summed E-state index contributed by atoms with van der Waals surface area (Å²) in [4.78, 5) is 38.2. The van der Waals surface area contributed by atoms with Gasteiger partial charge in [0.05, 0.1) is 0 Å². The molecule has 0 spiro atoms. The average Bonchev–Trinajstić information content (AvgIpc) is 3.41. The number of esters is 3. The summed E-state index contributed by atoms with van der Waals surface area (Å²) in [5.41, 5.74) is 0. The molecule has 1 atom stereocenters. The van der Waals surface area contributed by atoms with Crippen molar-refractivity contribution in [1.82, 2.24) is 0 Å². The number of hydrogen-bond acceptors (Lipinski definition) is 6. The Labute approximate surface area is 463 Å². The number of rotatable bonds is 56. The van der Waals surface area contributed by atoms with Gasteiger partial charge in [0, 0.05) is 19.3 Å². The molecule has 75 heavy (non-hydrogen) atoms. The molecule has 0 aromatic heterocycles. The zero-order valence-corrected chi connectivity index (χ0v) is 49.0. The summed E-state index contributed by atoms with van der Waals surface area (Å²) in [6.07, 6.45) is 85.2. The first-order chi connectivity index (χ1) is 37.0.